The van der Waals surface area contributed by atoms with E-state index in [1.165, 1.54) is 19.3 Å². The summed E-state index contributed by atoms with van der Waals surface area (Å²) in [7, 11) is 0. The van der Waals surface area contributed by atoms with Crippen molar-refractivity contribution in [1.29, 1.82) is 0 Å². The Morgan fingerprint density at radius 3 is 2.69 bits per heavy atom. The fourth-order valence-corrected chi connectivity index (χ4v) is 3.83. The van der Waals surface area contributed by atoms with E-state index in [9.17, 15) is 4.79 Å². The number of nitrogen functional groups attached to an aromatic ring is 1. The molecule has 6 heteroatoms. The smallest absolute Gasteiger partial charge is 0.410 e. The summed E-state index contributed by atoms with van der Waals surface area (Å²) in [6.45, 7) is 6.92. The highest BCUT2D eigenvalue weighted by atomic mass is 16.6. The Labute approximate surface area is 173 Å². The summed E-state index contributed by atoms with van der Waals surface area (Å²) in [6, 6.07) is 8.01. The van der Waals surface area contributed by atoms with Crippen LogP contribution in [0.3, 0.4) is 0 Å². The van der Waals surface area contributed by atoms with Gasteiger partial charge < -0.3 is 20.1 Å². The molecular formula is C23H33N3O3. The minimum absolute atomic E-state index is 0.210. The third kappa shape index (κ3) is 5.99. The first-order chi connectivity index (χ1) is 13.8. The van der Waals surface area contributed by atoms with Crippen molar-refractivity contribution in [1.82, 2.24) is 9.88 Å². The number of anilines is 1. The van der Waals surface area contributed by atoms with Crippen molar-refractivity contribution >= 4 is 22.7 Å². The van der Waals surface area contributed by atoms with Crippen LogP contribution in [0.15, 0.2) is 30.5 Å². The molecule has 2 N–H and O–H groups in total. The van der Waals surface area contributed by atoms with Gasteiger partial charge in [0.15, 0.2) is 0 Å². The van der Waals surface area contributed by atoms with Crippen molar-refractivity contribution in [3.8, 4) is 5.75 Å². The third-order valence-corrected chi connectivity index (χ3v) is 5.22. The molecule has 0 atom stereocenters. The van der Waals surface area contributed by atoms with Gasteiger partial charge in [0.05, 0.1) is 6.61 Å². The second-order valence-corrected chi connectivity index (χ2v) is 8.75. The van der Waals surface area contributed by atoms with Gasteiger partial charge in [0, 0.05) is 24.2 Å². The molecule has 0 aliphatic heterocycles. The van der Waals surface area contributed by atoms with Gasteiger partial charge in [-0.15, -0.1) is 0 Å². The van der Waals surface area contributed by atoms with Gasteiger partial charge in [0.25, 0.3) is 0 Å². The zero-order valence-corrected chi connectivity index (χ0v) is 17.8. The Morgan fingerprint density at radius 1 is 1.21 bits per heavy atom. The van der Waals surface area contributed by atoms with Crippen LogP contribution in [0.4, 0.5) is 10.6 Å². The summed E-state index contributed by atoms with van der Waals surface area (Å²) in [5.74, 6) is 1.32. The van der Waals surface area contributed by atoms with E-state index >= 15 is 0 Å². The van der Waals surface area contributed by atoms with E-state index in [0.29, 0.717) is 19.0 Å². The van der Waals surface area contributed by atoms with Gasteiger partial charge in [0.2, 0.25) is 0 Å². The predicted molar refractivity (Wildman–Crippen MR) is 116 cm³/mol. The molecule has 0 radical (unpaired) electrons. The number of carbonyl (C=O) groups excluding carboxylic acids is 1. The molecule has 1 aromatic carbocycles. The molecule has 1 aliphatic rings. The number of fused-ring (bicyclic) bond motifs is 1. The molecule has 3 rings (SSSR count). The highest BCUT2D eigenvalue weighted by molar-refractivity contribution is 5.91. The number of ether oxygens (including phenoxy) is 2. The first kappa shape index (κ1) is 21.2. The topological polar surface area (TPSA) is 77.7 Å². The largest absolute Gasteiger partial charge is 0.494 e. The number of pyridine rings is 1. The van der Waals surface area contributed by atoms with Gasteiger partial charge in [-0.1, -0.05) is 19.3 Å². The highest BCUT2D eigenvalue weighted by Crippen LogP contribution is 2.26. The molecule has 1 fully saturated rings. The van der Waals surface area contributed by atoms with Crippen molar-refractivity contribution in [2.45, 2.75) is 70.9 Å². The Morgan fingerprint density at radius 2 is 1.97 bits per heavy atom. The quantitative estimate of drug-likeness (QED) is 0.679. The SMILES string of the molecule is CC(C)(C)OC(=O)N(CCCOc1ccc2c(N)nccc2c1)C1CCCCC1. The lowest BCUT2D eigenvalue weighted by atomic mass is 9.94. The Balaban J connectivity index is 1.57. The summed E-state index contributed by atoms with van der Waals surface area (Å²) in [6.07, 6.45) is 7.96. The number of hydrogen-bond acceptors (Lipinski definition) is 5. The number of carbonyl (C=O) groups is 1. The zero-order chi connectivity index (χ0) is 20.9. The van der Waals surface area contributed by atoms with Crippen molar-refractivity contribution in [3.63, 3.8) is 0 Å². The fraction of sp³-hybridized carbons (Fsp3) is 0.565. The predicted octanol–water partition coefficient (Wildman–Crippen LogP) is 5.16. The van der Waals surface area contributed by atoms with E-state index in [4.69, 9.17) is 15.2 Å². The van der Waals surface area contributed by atoms with Crippen LogP contribution in [-0.2, 0) is 4.74 Å². The number of rotatable bonds is 6. The van der Waals surface area contributed by atoms with Gasteiger partial charge in [-0.05, 0) is 69.7 Å². The maximum atomic E-state index is 12.7. The second-order valence-electron chi connectivity index (χ2n) is 8.75. The van der Waals surface area contributed by atoms with Crippen LogP contribution in [0.1, 0.15) is 59.3 Å². The van der Waals surface area contributed by atoms with E-state index in [-0.39, 0.29) is 12.1 Å². The van der Waals surface area contributed by atoms with E-state index in [1.54, 1.807) is 6.20 Å². The van der Waals surface area contributed by atoms with Crippen LogP contribution in [0.2, 0.25) is 0 Å². The number of amides is 1. The third-order valence-electron chi connectivity index (χ3n) is 5.22. The molecule has 2 aromatic rings. The molecule has 0 unspecified atom stereocenters. The van der Waals surface area contributed by atoms with E-state index in [0.717, 1.165) is 35.8 Å². The first-order valence-electron chi connectivity index (χ1n) is 10.6. The summed E-state index contributed by atoms with van der Waals surface area (Å²) in [5.41, 5.74) is 5.42. The average molecular weight is 400 g/mol. The number of nitrogens with two attached hydrogens (primary N) is 1. The number of nitrogens with zero attached hydrogens (tertiary/aromatic N) is 2. The minimum Gasteiger partial charge on any atom is -0.494 e. The molecule has 158 valence electrons. The van der Waals surface area contributed by atoms with Gasteiger partial charge in [-0.3, -0.25) is 0 Å². The van der Waals surface area contributed by atoms with Crippen LogP contribution in [0.25, 0.3) is 10.8 Å². The molecule has 1 aromatic heterocycles. The molecule has 1 saturated carbocycles. The lowest BCUT2D eigenvalue weighted by Crippen LogP contribution is -2.45. The Bertz CT molecular complexity index is 826. The van der Waals surface area contributed by atoms with Crippen LogP contribution in [0, 0.1) is 0 Å². The molecular weight excluding hydrogens is 366 g/mol. The summed E-state index contributed by atoms with van der Waals surface area (Å²) in [4.78, 5) is 18.8. The molecule has 0 bridgehead atoms. The first-order valence-corrected chi connectivity index (χ1v) is 10.6. The van der Waals surface area contributed by atoms with Crippen LogP contribution < -0.4 is 10.5 Å². The second kappa shape index (κ2) is 9.33. The van der Waals surface area contributed by atoms with Crippen molar-refractivity contribution in [2.75, 3.05) is 18.9 Å². The molecule has 29 heavy (non-hydrogen) atoms. The maximum absolute atomic E-state index is 12.7. The normalized spacial score (nSPS) is 15.3. The van der Waals surface area contributed by atoms with Crippen molar-refractivity contribution in [3.05, 3.63) is 30.5 Å². The summed E-state index contributed by atoms with van der Waals surface area (Å²) >= 11 is 0. The van der Waals surface area contributed by atoms with Crippen LogP contribution in [-0.4, -0.2) is 40.8 Å². The lowest BCUT2D eigenvalue weighted by molar-refractivity contribution is 0.0111. The van der Waals surface area contributed by atoms with Crippen LogP contribution >= 0.6 is 0 Å². The summed E-state index contributed by atoms with van der Waals surface area (Å²) in [5, 5.41) is 1.93. The molecule has 0 saturated heterocycles. The standard InChI is InChI=1S/C23H33N3O3/c1-23(2,3)29-22(27)26(18-8-5-4-6-9-18)14-7-15-28-19-10-11-20-17(16-19)12-13-25-21(20)24/h10-13,16,18H,4-9,14-15H2,1-3H3,(H2,24,25). The van der Waals surface area contributed by atoms with Crippen LogP contribution in [0.5, 0.6) is 5.75 Å². The molecule has 1 heterocycles. The fourth-order valence-electron chi connectivity index (χ4n) is 3.83. The van der Waals surface area contributed by atoms with E-state index in [2.05, 4.69) is 4.98 Å². The number of hydrogen-bond donors (Lipinski definition) is 1. The molecule has 1 amide bonds. The van der Waals surface area contributed by atoms with Gasteiger partial charge in [-0.2, -0.15) is 0 Å². The Hall–Kier alpha value is -2.50. The molecule has 0 spiro atoms. The minimum atomic E-state index is -0.484. The van der Waals surface area contributed by atoms with Crippen molar-refractivity contribution < 1.29 is 14.3 Å². The molecule has 6 nitrogen and oxygen atoms in total. The average Bonchev–Trinajstić information content (AvgIpc) is 2.67. The lowest BCUT2D eigenvalue weighted by Gasteiger charge is -2.35. The van der Waals surface area contributed by atoms with Crippen molar-refractivity contribution in [2.24, 2.45) is 0 Å². The number of benzene rings is 1. The van der Waals surface area contributed by atoms with Gasteiger partial charge >= 0.3 is 6.09 Å². The van der Waals surface area contributed by atoms with Gasteiger partial charge in [0.1, 0.15) is 17.2 Å². The maximum Gasteiger partial charge on any atom is 0.410 e. The van der Waals surface area contributed by atoms with Gasteiger partial charge in [-0.25, -0.2) is 9.78 Å². The monoisotopic (exact) mass is 399 g/mol. The Kier molecular flexibility index (Phi) is 6.83. The zero-order valence-electron chi connectivity index (χ0n) is 17.8. The number of aromatic nitrogens is 1. The van der Waals surface area contributed by atoms with E-state index < -0.39 is 5.60 Å². The molecule has 1 aliphatic carbocycles. The highest BCUT2D eigenvalue weighted by Gasteiger charge is 2.29. The summed E-state index contributed by atoms with van der Waals surface area (Å²) < 4.78 is 11.6. The van der Waals surface area contributed by atoms with E-state index in [1.807, 2.05) is 49.9 Å².